The van der Waals surface area contributed by atoms with Crippen LogP contribution in [0.4, 0.5) is 0 Å². The summed E-state index contributed by atoms with van der Waals surface area (Å²) in [4.78, 5) is 0. The minimum Gasteiger partial charge on any atom is -0.396 e. The van der Waals surface area contributed by atoms with Crippen LogP contribution < -0.4 is 0 Å². The SMILES string of the molecule is COP(=S)(OC)OCCCCO. The van der Waals surface area contributed by atoms with Crippen molar-refractivity contribution in [2.75, 3.05) is 27.4 Å². The van der Waals surface area contributed by atoms with Gasteiger partial charge >= 0.3 is 6.72 Å². The lowest BCUT2D eigenvalue weighted by molar-refractivity contribution is 0.192. The topological polar surface area (TPSA) is 47.9 Å². The van der Waals surface area contributed by atoms with Crippen LogP contribution in [-0.2, 0) is 25.4 Å². The van der Waals surface area contributed by atoms with Crippen LogP contribution in [0.3, 0.4) is 0 Å². The molecule has 12 heavy (non-hydrogen) atoms. The van der Waals surface area contributed by atoms with Gasteiger partial charge in [0.25, 0.3) is 0 Å². The molecule has 0 spiro atoms. The van der Waals surface area contributed by atoms with Gasteiger partial charge in [0, 0.05) is 20.8 Å². The third-order valence-corrected chi connectivity index (χ3v) is 3.85. The first kappa shape index (κ1) is 12.5. The molecule has 0 aromatic rings. The zero-order chi connectivity index (χ0) is 9.45. The Morgan fingerprint density at radius 1 is 1.25 bits per heavy atom. The van der Waals surface area contributed by atoms with E-state index in [4.69, 9.17) is 30.5 Å². The molecule has 0 saturated heterocycles. The lowest BCUT2D eigenvalue weighted by Gasteiger charge is -2.16. The van der Waals surface area contributed by atoms with Crippen molar-refractivity contribution in [3.05, 3.63) is 0 Å². The summed E-state index contributed by atoms with van der Waals surface area (Å²) in [5, 5.41) is 8.48. The Balaban J connectivity index is 3.52. The van der Waals surface area contributed by atoms with Crippen LogP contribution in [0.5, 0.6) is 0 Å². The second-order valence-corrected chi connectivity index (χ2v) is 5.30. The van der Waals surface area contributed by atoms with Crippen molar-refractivity contribution in [3.8, 4) is 0 Å². The summed E-state index contributed by atoms with van der Waals surface area (Å²) >= 11 is 4.94. The summed E-state index contributed by atoms with van der Waals surface area (Å²) in [6, 6.07) is 0. The average molecular weight is 214 g/mol. The smallest absolute Gasteiger partial charge is 0.326 e. The lowest BCUT2D eigenvalue weighted by Crippen LogP contribution is -1.97. The number of aliphatic hydroxyl groups excluding tert-OH is 1. The molecule has 0 aliphatic rings. The van der Waals surface area contributed by atoms with Crippen molar-refractivity contribution < 1.29 is 18.7 Å². The van der Waals surface area contributed by atoms with Crippen LogP contribution in [0.2, 0.25) is 0 Å². The summed E-state index contributed by atoms with van der Waals surface area (Å²) in [6.07, 6.45) is 1.48. The summed E-state index contributed by atoms with van der Waals surface area (Å²) in [5.41, 5.74) is 0. The first-order chi connectivity index (χ1) is 5.68. The van der Waals surface area contributed by atoms with Crippen LogP contribution in [0, 0.1) is 0 Å². The van der Waals surface area contributed by atoms with Gasteiger partial charge in [0.2, 0.25) is 0 Å². The van der Waals surface area contributed by atoms with E-state index in [1.54, 1.807) is 0 Å². The van der Waals surface area contributed by atoms with E-state index in [-0.39, 0.29) is 6.61 Å². The Bertz CT molecular complexity index is 144. The van der Waals surface area contributed by atoms with E-state index < -0.39 is 6.72 Å². The second-order valence-electron chi connectivity index (χ2n) is 2.08. The summed E-state index contributed by atoms with van der Waals surface area (Å²) in [5.74, 6) is 0. The van der Waals surface area contributed by atoms with E-state index in [0.717, 1.165) is 6.42 Å². The molecule has 0 aromatic carbocycles. The third kappa shape index (κ3) is 5.19. The maximum atomic E-state index is 8.48. The first-order valence-electron chi connectivity index (χ1n) is 3.65. The maximum absolute atomic E-state index is 8.48. The minimum absolute atomic E-state index is 0.173. The largest absolute Gasteiger partial charge is 0.396 e. The predicted octanol–water partition coefficient (Wildman–Crippen LogP) is 1.29. The molecule has 0 atom stereocenters. The highest BCUT2D eigenvalue weighted by molar-refractivity contribution is 8.07. The molecule has 0 saturated carbocycles. The molecule has 0 rings (SSSR count). The molecule has 0 aliphatic carbocycles. The van der Waals surface area contributed by atoms with Gasteiger partial charge in [-0.15, -0.1) is 0 Å². The number of aliphatic hydroxyl groups is 1. The summed E-state index contributed by atoms with van der Waals surface area (Å²) < 4.78 is 15.0. The predicted molar refractivity (Wildman–Crippen MR) is 50.6 cm³/mol. The zero-order valence-electron chi connectivity index (χ0n) is 7.36. The van der Waals surface area contributed by atoms with Crippen molar-refractivity contribution in [2.24, 2.45) is 0 Å². The number of rotatable bonds is 7. The normalized spacial score (nSPS) is 11.9. The van der Waals surface area contributed by atoms with E-state index >= 15 is 0 Å². The maximum Gasteiger partial charge on any atom is 0.326 e. The van der Waals surface area contributed by atoms with E-state index in [1.807, 2.05) is 0 Å². The highest BCUT2D eigenvalue weighted by Gasteiger charge is 2.15. The van der Waals surface area contributed by atoms with E-state index in [9.17, 15) is 0 Å². The Morgan fingerprint density at radius 2 is 1.83 bits per heavy atom. The fourth-order valence-electron chi connectivity index (χ4n) is 0.570. The molecule has 4 nitrogen and oxygen atoms in total. The number of hydrogen-bond donors (Lipinski definition) is 1. The fraction of sp³-hybridized carbons (Fsp3) is 1.00. The van der Waals surface area contributed by atoms with Crippen LogP contribution in [-0.4, -0.2) is 32.5 Å². The standard InChI is InChI=1S/C6H15O4PS/c1-8-11(12,9-2)10-6-4-3-5-7/h7H,3-6H2,1-2H3. The molecule has 0 aromatic heterocycles. The van der Waals surface area contributed by atoms with Crippen LogP contribution >= 0.6 is 6.72 Å². The van der Waals surface area contributed by atoms with Crippen LogP contribution in [0.15, 0.2) is 0 Å². The Kier molecular flexibility index (Phi) is 7.23. The molecule has 0 bridgehead atoms. The molecule has 1 N–H and O–H groups in total. The van der Waals surface area contributed by atoms with Gasteiger partial charge in [0.05, 0.1) is 6.61 Å². The Labute approximate surface area is 78.1 Å². The van der Waals surface area contributed by atoms with Gasteiger partial charge in [0.15, 0.2) is 0 Å². The van der Waals surface area contributed by atoms with Crippen molar-refractivity contribution in [2.45, 2.75) is 12.8 Å². The van der Waals surface area contributed by atoms with Crippen molar-refractivity contribution >= 4 is 18.5 Å². The highest BCUT2D eigenvalue weighted by atomic mass is 32.5. The van der Waals surface area contributed by atoms with Gasteiger partial charge in [-0.1, -0.05) is 0 Å². The van der Waals surface area contributed by atoms with Crippen molar-refractivity contribution in [1.29, 1.82) is 0 Å². The Hall–Kier alpha value is 0.490. The average Bonchev–Trinajstić information content (AvgIpc) is 2.12. The van der Waals surface area contributed by atoms with E-state index in [2.05, 4.69) is 0 Å². The van der Waals surface area contributed by atoms with Gasteiger partial charge in [-0.3, -0.25) is 0 Å². The lowest BCUT2D eigenvalue weighted by atomic mass is 10.3. The van der Waals surface area contributed by atoms with E-state index in [1.165, 1.54) is 14.2 Å². The van der Waals surface area contributed by atoms with Crippen molar-refractivity contribution in [1.82, 2.24) is 0 Å². The van der Waals surface area contributed by atoms with Crippen molar-refractivity contribution in [3.63, 3.8) is 0 Å². The third-order valence-electron chi connectivity index (χ3n) is 1.25. The molecule has 6 heteroatoms. The monoisotopic (exact) mass is 214 g/mol. The summed E-state index contributed by atoms with van der Waals surface area (Å²) in [7, 11) is 2.94. The molecular formula is C6H15O4PS. The molecule has 74 valence electrons. The number of hydrogen-bond acceptors (Lipinski definition) is 5. The molecule has 0 unspecified atom stereocenters. The van der Waals surface area contributed by atoms with Gasteiger partial charge < -0.3 is 18.7 Å². The van der Waals surface area contributed by atoms with E-state index in [0.29, 0.717) is 13.0 Å². The van der Waals surface area contributed by atoms with Crippen LogP contribution in [0.1, 0.15) is 12.8 Å². The first-order valence-corrected chi connectivity index (χ1v) is 6.21. The number of unbranched alkanes of at least 4 members (excludes halogenated alkanes) is 1. The Morgan fingerprint density at radius 3 is 2.25 bits per heavy atom. The van der Waals surface area contributed by atoms with Gasteiger partial charge in [-0.25, -0.2) is 0 Å². The molecule has 0 radical (unpaired) electrons. The molecule has 0 aliphatic heterocycles. The summed E-state index contributed by atoms with van der Waals surface area (Å²) in [6.45, 7) is -1.83. The minimum atomic E-state index is -2.47. The van der Waals surface area contributed by atoms with Gasteiger partial charge in [0.1, 0.15) is 0 Å². The second kappa shape index (κ2) is 6.95. The highest BCUT2D eigenvalue weighted by Crippen LogP contribution is 2.47. The fourth-order valence-corrected chi connectivity index (χ4v) is 1.51. The zero-order valence-corrected chi connectivity index (χ0v) is 9.07. The quantitative estimate of drug-likeness (QED) is 0.511. The molecular weight excluding hydrogens is 199 g/mol. The van der Waals surface area contributed by atoms with Gasteiger partial charge in [-0.05, 0) is 24.6 Å². The van der Waals surface area contributed by atoms with Gasteiger partial charge in [-0.2, -0.15) is 0 Å². The molecule has 0 heterocycles. The van der Waals surface area contributed by atoms with Crippen LogP contribution in [0.25, 0.3) is 0 Å². The molecule has 0 amide bonds. The molecule has 0 fully saturated rings.